The van der Waals surface area contributed by atoms with Gasteiger partial charge in [0.2, 0.25) is 5.91 Å². The van der Waals surface area contributed by atoms with Crippen molar-refractivity contribution in [3.8, 4) is 0 Å². The number of para-hydroxylation sites is 1. The molecule has 0 saturated heterocycles. The van der Waals surface area contributed by atoms with Crippen molar-refractivity contribution < 1.29 is 9.18 Å². The second-order valence-electron chi connectivity index (χ2n) is 6.22. The second kappa shape index (κ2) is 7.91. The van der Waals surface area contributed by atoms with Crippen molar-refractivity contribution in [2.75, 3.05) is 0 Å². The van der Waals surface area contributed by atoms with Crippen molar-refractivity contribution >= 4 is 16.8 Å². The first-order chi connectivity index (χ1) is 12.5. The largest absolute Gasteiger partial charge is 0.350 e. The molecule has 5 nitrogen and oxygen atoms in total. The van der Waals surface area contributed by atoms with E-state index in [1.54, 1.807) is 30.3 Å². The molecule has 0 aliphatic carbocycles. The SMILES string of the molecule is C[C@@H](NC(=O)CCCc1nc2ccccc2c(=O)[nH]1)c1ccc(F)cc1. The molecule has 2 N–H and O–H groups in total. The Hall–Kier alpha value is -3.02. The summed E-state index contributed by atoms with van der Waals surface area (Å²) in [5.74, 6) is 0.183. The Labute approximate surface area is 150 Å². The van der Waals surface area contributed by atoms with Gasteiger partial charge in [0, 0.05) is 12.8 Å². The topological polar surface area (TPSA) is 74.8 Å². The van der Waals surface area contributed by atoms with Crippen LogP contribution in [0.5, 0.6) is 0 Å². The Morgan fingerprint density at radius 2 is 1.92 bits per heavy atom. The summed E-state index contributed by atoms with van der Waals surface area (Å²) in [6, 6.07) is 13.0. The van der Waals surface area contributed by atoms with Crippen molar-refractivity contribution in [3.63, 3.8) is 0 Å². The van der Waals surface area contributed by atoms with Gasteiger partial charge in [0.05, 0.1) is 16.9 Å². The summed E-state index contributed by atoms with van der Waals surface area (Å²) in [5, 5.41) is 3.45. The lowest BCUT2D eigenvalue weighted by molar-refractivity contribution is -0.121. The fraction of sp³-hybridized carbons (Fsp3) is 0.250. The predicted molar refractivity (Wildman–Crippen MR) is 98.3 cm³/mol. The zero-order chi connectivity index (χ0) is 18.5. The molecule has 0 fully saturated rings. The van der Waals surface area contributed by atoms with Crippen molar-refractivity contribution in [1.82, 2.24) is 15.3 Å². The molecule has 0 unspecified atom stereocenters. The quantitative estimate of drug-likeness (QED) is 0.714. The number of aryl methyl sites for hydroxylation is 1. The molecule has 3 aromatic rings. The van der Waals surface area contributed by atoms with Crippen LogP contribution in [0.3, 0.4) is 0 Å². The normalized spacial score (nSPS) is 12.1. The first-order valence-corrected chi connectivity index (χ1v) is 8.55. The number of fused-ring (bicyclic) bond motifs is 1. The number of nitrogens with zero attached hydrogens (tertiary/aromatic N) is 1. The first kappa shape index (κ1) is 17.8. The number of amides is 1. The van der Waals surface area contributed by atoms with E-state index in [0.29, 0.717) is 36.0 Å². The number of carbonyl (C=O) groups excluding carboxylic acids is 1. The van der Waals surface area contributed by atoms with Crippen LogP contribution in [0.2, 0.25) is 0 Å². The van der Waals surface area contributed by atoms with Crippen LogP contribution in [0.1, 0.15) is 37.2 Å². The number of H-pyrrole nitrogens is 1. The standard InChI is InChI=1S/C20H20FN3O2/c1-13(14-9-11-15(21)12-10-14)22-19(25)8-4-7-18-23-17-6-3-2-5-16(17)20(26)24-18/h2-3,5-6,9-13H,4,7-8H2,1H3,(H,22,25)(H,23,24,26)/t13-/m1/s1. The number of aromatic amines is 1. The lowest BCUT2D eigenvalue weighted by atomic mass is 10.1. The van der Waals surface area contributed by atoms with Gasteiger partial charge in [-0.3, -0.25) is 9.59 Å². The highest BCUT2D eigenvalue weighted by molar-refractivity contribution is 5.77. The summed E-state index contributed by atoms with van der Waals surface area (Å²) < 4.78 is 12.9. The summed E-state index contributed by atoms with van der Waals surface area (Å²) in [6.45, 7) is 1.85. The van der Waals surface area contributed by atoms with Crippen LogP contribution in [0.15, 0.2) is 53.3 Å². The van der Waals surface area contributed by atoms with Crippen LogP contribution < -0.4 is 10.9 Å². The highest BCUT2D eigenvalue weighted by Gasteiger charge is 2.10. The van der Waals surface area contributed by atoms with Gasteiger partial charge in [0.1, 0.15) is 11.6 Å². The summed E-state index contributed by atoms with van der Waals surface area (Å²) in [5.41, 5.74) is 1.33. The molecule has 0 aliphatic rings. The minimum atomic E-state index is -0.302. The monoisotopic (exact) mass is 353 g/mol. The number of hydrogen-bond acceptors (Lipinski definition) is 3. The molecule has 1 amide bonds. The highest BCUT2D eigenvalue weighted by atomic mass is 19.1. The van der Waals surface area contributed by atoms with Crippen LogP contribution in [-0.2, 0) is 11.2 Å². The summed E-state index contributed by atoms with van der Waals surface area (Å²) in [7, 11) is 0. The lowest BCUT2D eigenvalue weighted by Gasteiger charge is -2.14. The molecule has 0 saturated carbocycles. The van der Waals surface area contributed by atoms with E-state index >= 15 is 0 Å². The maximum absolute atomic E-state index is 12.9. The fourth-order valence-corrected chi connectivity index (χ4v) is 2.82. The molecule has 134 valence electrons. The molecule has 1 atom stereocenters. The number of benzene rings is 2. The van der Waals surface area contributed by atoms with E-state index in [9.17, 15) is 14.0 Å². The molecule has 2 aromatic carbocycles. The van der Waals surface area contributed by atoms with Gasteiger partial charge in [0.15, 0.2) is 0 Å². The Balaban J connectivity index is 1.53. The molecule has 0 aliphatic heterocycles. The maximum Gasteiger partial charge on any atom is 0.258 e. The van der Waals surface area contributed by atoms with Gasteiger partial charge in [-0.1, -0.05) is 24.3 Å². The van der Waals surface area contributed by atoms with Gasteiger partial charge in [-0.2, -0.15) is 0 Å². The fourth-order valence-electron chi connectivity index (χ4n) is 2.82. The molecular formula is C20H20FN3O2. The third-order valence-corrected chi connectivity index (χ3v) is 4.23. The molecule has 3 rings (SSSR count). The van der Waals surface area contributed by atoms with Gasteiger partial charge in [0.25, 0.3) is 5.56 Å². The van der Waals surface area contributed by atoms with E-state index in [0.717, 1.165) is 5.56 Å². The zero-order valence-electron chi connectivity index (χ0n) is 14.5. The first-order valence-electron chi connectivity index (χ1n) is 8.55. The van der Waals surface area contributed by atoms with Gasteiger partial charge < -0.3 is 10.3 Å². The summed E-state index contributed by atoms with van der Waals surface area (Å²) >= 11 is 0. The Morgan fingerprint density at radius 3 is 2.69 bits per heavy atom. The van der Waals surface area contributed by atoms with Crippen molar-refractivity contribution in [2.45, 2.75) is 32.2 Å². The van der Waals surface area contributed by atoms with Crippen LogP contribution in [0, 0.1) is 5.82 Å². The molecule has 0 spiro atoms. The number of carbonyl (C=O) groups is 1. The molecule has 1 heterocycles. The van der Waals surface area contributed by atoms with Crippen molar-refractivity contribution in [1.29, 1.82) is 0 Å². The van der Waals surface area contributed by atoms with E-state index in [-0.39, 0.29) is 23.3 Å². The molecular weight excluding hydrogens is 333 g/mol. The maximum atomic E-state index is 12.9. The van der Waals surface area contributed by atoms with E-state index < -0.39 is 0 Å². The molecule has 26 heavy (non-hydrogen) atoms. The summed E-state index contributed by atoms with van der Waals surface area (Å²) in [4.78, 5) is 31.3. The number of hydrogen-bond donors (Lipinski definition) is 2. The predicted octanol–water partition coefficient (Wildman–Crippen LogP) is 3.26. The Bertz CT molecular complexity index is 967. The molecule has 1 aromatic heterocycles. The number of halogens is 1. The third-order valence-electron chi connectivity index (χ3n) is 4.23. The molecule has 0 radical (unpaired) electrons. The second-order valence-corrected chi connectivity index (χ2v) is 6.22. The average molecular weight is 353 g/mol. The smallest absolute Gasteiger partial charge is 0.258 e. The molecule has 6 heteroatoms. The highest BCUT2D eigenvalue weighted by Crippen LogP contribution is 2.13. The minimum Gasteiger partial charge on any atom is -0.350 e. The van der Waals surface area contributed by atoms with Crippen LogP contribution >= 0.6 is 0 Å². The minimum absolute atomic E-state index is 0.0926. The van der Waals surface area contributed by atoms with Gasteiger partial charge >= 0.3 is 0 Å². The van der Waals surface area contributed by atoms with E-state index in [1.165, 1.54) is 12.1 Å². The van der Waals surface area contributed by atoms with Gasteiger partial charge in [-0.05, 0) is 43.2 Å². The van der Waals surface area contributed by atoms with Crippen molar-refractivity contribution in [3.05, 3.63) is 76.1 Å². The summed E-state index contributed by atoms with van der Waals surface area (Å²) in [6.07, 6.45) is 1.41. The van der Waals surface area contributed by atoms with Crippen LogP contribution in [0.4, 0.5) is 4.39 Å². The van der Waals surface area contributed by atoms with Gasteiger partial charge in [-0.15, -0.1) is 0 Å². The number of nitrogens with one attached hydrogen (secondary N) is 2. The Morgan fingerprint density at radius 1 is 1.19 bits per heavy atom. The zero-order valence-corrected chi connectivity index (χ0v) is 14.5. The molecule has 0 bridgehead atoms. The Kier molecular flexibility index (Phi) is 5.41. The third kappa shape index (κ3) is 4.33. The lowest BCUT2D eigenvalue weighted by Crippen LogP contribution is -2.26. The average Bonchev–Trinajstić information content (AvgIpc) is 2.62. The van der Waals surface area contributed by atoms with E-state index in [1.807, 2.05) is 13.0 Å². The van der Waals surface area contributed by atoms with E-state index in [2.05, 4.69) is 15.3 Å². The van der Waals surface area contributed by atoms with Crippen molar-refractivity contribution in [2.24, 2.45) is 0 Å². The van der Waals surface area contributed by atoms with E-state index in [4.69, 9.17) is 0 Å². The van der Waals surface area contributed by atoms with Crippen LogP contribution in [0.25, 0.3) is 10.9 Å². The van der Waals surface area contributed by atoms with Gasteiger partial charge in [-0.25, -0.2) is 9.37 Å². The van der Waals surface area contributed by atoms with Crippen LogP contribution in [-0.4, -0.2) is 15.9 Å². The number of aromatic nitrogens is 2. The number of rotatable bonds is 6.